The van der Waals surface area contributed by atoms with Crippen LogP contribution in [0.5, 0.6) is 0 Å². The summed E-state index contributed by atoms with van der Waals surface area (Å²) in [6.45, 7) is 1.60. The normalized spacial score (nSPS) is 23.2. The average Bonchev–Trinajstić information content (AvgIpc) is 2.41. The van der Waals surface area contributed by atoms with Crippen molar-refractivity contribution in [1.29, 1.82) is 0 Å². The van der Waals surface area contributed by atoms with Gasteiger partial charge >= 0.3 is 5.97 Å². The molecule has 0 heterocycles. The Bertz CT molecular complexity index is 419. The van der Waals surface area contributed by atoms with Crippen molar-refractivity contribution < 1.29 is 9.90 Å². The van der Waals surface area contributed by atoms with E-state index >= 15 is 0 Å². The van der Waals surface area contributed by atoms with Crippen molar-refractivity contribution in [1.82, 2.24) is 5.32 Å². The molecule has 1 aliphatic rings. The van der Waals surface area contributed by atoms with Crippen LogP contribution >= 0.6 is 15.9 Å². The quantitative estimate of drug-likeness (QED) is 0.871. The number of nitrogens with one attached hydrogen (secondary N) is 1. The molecule has 1 aromatic carbocycles. The molecule has 0 aromatic heterocycles. The average molecular weight is 326 g/mol. The highest BCUT2D eigenvalue weighted by Crippen LogP contribution is 2.29. The zero-order valence-corrected chi connectivity index (χ0v) is 12.5. The van der Waals surface area contributed by atoms with E-state index in [9.17, 15) is 9.90 Å². The first-order chi connectivity index (χ1) is 9.16. The Hall–Kier alpha value is -0.870. The van der Waals surface area contributed by atoms with Gasteiger partial charge in [-0.05, 0) is 43.0 Å². The summed E-state index contributed by atoms with van der Waals surface area (Å²) in [5.41, 5.74) is 1.23. The van der Waals surface area contributed by atoms with Crippen molar-refractivity contribution in [3.63, 3.8) is 0 Å². The molecule has 0 spiro atoms. The zero-order chi connectivity index (χ0) is 13.7. The van der Waals surface area contributed by atoms with E-state index in [1.54, 1.807) is 0 Å². The Morgan fingerprint density at radius 1 is 1.26 bits per heavy atom. The van der Waals surface area contributed by atoms with Crippen LogP contribution in [0.25, 0.3) is 0 Å². The number of hydrogen-bond donors (Lipinski definition) is 2. The summed E-state index contributed by atoms with van der Waals surface area (Å²) in [7, 11) is 0. The second-order valence-corrected chi connectivity index (χ2v) is 6.16. The number of halogens is 1. The molecule has 2 unspecified atom stereocenters. The molecule has 2 rings (SSSR count). The van der Waals surface area contributed by atoms with Gasteiger partial charge in [-0.1, -0.05) is 40.9 Å². The van der Waals surface area contributed by atoms with Gasteiger partial charge in [-0.2, -0.15) is 0 Å². The van der Waals surface area contributed by atoms with Gasteiger partial charge in [0, 0.05) is 11.0 Å². The van der Waals surface area contributed by atoms with Crippen LogP contribution in [0.1, 0.15) is 31.2 Å². The molecule has 1 fully saturated rings. The molecule has 2 N–H and O–H groups in total. The Balaban J connectivity index is 1.80. The second-order valence-electron chi connectivity index (χ2n) is 5.25. The SMILES string of the molecule is O=C(O)C1CCCCC1CNCc1ccc(Br)cc1. The molecular weight excluding hydrogens is 306 g/mol. The summed E-state index contributed by atoms with van der Waals surface area (Å²) < 4.78 is 1.08. The van der Waals surface area contributed by atoms with E-state index in [4.69, 9.17) is 0 Å². The van der Waals surface area contributed by atoms with Crippen LogP contribution in [0.15, 0.2) is 28.7 Å². The minimum atomic E-state index is -0.629. The summed E-state index contributed by atoms with van der Waals surface area (Å²) >= 11 is 3.41. The Morgan fingerprint density at radius 3 is 2.63 bits per heavy atom. The number of rotatable bonds is 5. The number of carboxylic acids is 1. The molecule has 0 aliphatic heterocycles. The third-order valence-electron chi connectivity index (χ3n) is 3.88. The second kappa shape index (κ2) is 7.06. The number of carboxylic acid groups (broad SMARTS) is 1. The van der Waals surface area contributed by atoms with E-state index in [1.807, 2.05) is 12.1 Å². The largest absolute Gasteiger partial charge is 0.481 e. The highest BCUT2D eigenvalue weighted by atomic mass is 79.9. The van der Waals surface area contributed by atoms with Gasteiger partial charge in [-0.15, -0.1) is 0 Å². The number of aliphatic carboxylic acids is 1. The molecule has 3 nitrogen and oxygen atoms in total. The third-order valence-corrected chi connectivity index (χ3v) is 4.40. The first kappa shape index (κ1) is 14.5. The smallest absolute Gasteiger partial charge is 0.306 e. The lowest BCUT2D eigenvalue weighted by molar-refractivity contribution is -0.144. The van der Waals surface area contributed by atoms with E-state index < -0.39 is 5.97 Å². The van der Waals surface area contributed by atoms with E-state index in [1.165, 1.54) is 5.56 Å². The molecule has 0 saturated heterocycles. The van der Waals surface area contributed by atoms with E-state index in [0.29, 0.717) is 0 Å². The van der Waals surface area contributed by atoms with Gasteiger partial charge in [0.2, 0.25) is 0 Å². The van der Waals surface area contributed by atoms with Gasteiger partial charge in [0.05, 0.1) is 5.92 Å². The van der Waals surface area contributed by atoms with Crippen molar-refractivity contribution in [2.75, 3.05) is 6.54 Å². The maximum atomic E-state index is 11.2. The van der Waals surface area contributed by atoms with Crippen LogP contribution in [0.4, 0.5) is 0 Å². The minimum absolute atomic E-state index is 0.161. The maximum Gasteiger partial charge on any atom is 0.306 e. The number of carbonyl (C=O) groups is 1. The fourth-order valence-corrected chi connectivity index (χ4v) is 3.05. The summed E-state index contributed by atoms with van der Waals surface area (Å²) in [5.74, 6) is -0.511. The van der Waals surface area contributed by atoms with Crippen LogP contribution in [0.3, 0.4) is 0 Å². The van der Waals surface area contributed by atoms with E-state index in [-0.39, 0.29) is 11.8 Å². The van der Waals surface area contributed by atoms with E-state index in [2.05, 4.69) is 33.4 Å². The molecular formula is C15H20BrNO2. The fourth-order valence-electron chi connectivity index (χ4n) is 2.78. The molecule has 1 aliphatic carbocycles. The van der Waals surface area contributed by atoms with Crippen molar-refractivity contribution in [3.05, 3.63) is 34.3 Å². The maximum absolute atomic E-state index is 11.2. The van der Waals surface area contributed by atoms with Crippen molar-refractivity contribution in [2.45, 2.75) is 32.2 Å². The first-order valence-electron chi connectivity index (χ1n) is 6.85. The Morgan fingerprint density at radius 2 is 1.95 bits per heavy atom. The Kier molecular flexibility index (Phi) is 5.40. The summed E-state index contributed by atoms with van der Waals surface area (Å²) in [6.07, 6.45) is 4.08. The minimum Gasteiger partial charge on any atom is -0.481 e. The van der Waals surface area contributed by atoms with Crippen molar-refractivity contribution in [2.24, 2.45) is 11.8 Å². The number of benzene rings is 1. The van der Waals surface area contributed by atoms with Gasteiger partial charge < -0.3 is 10.4 Å². The van der Waals surface area contributed by atoms with Crippen LogP contribution in [0.2, 0.25) is 0 Å². The predicted octanol–water partition coefficient (Wildman–Crippen LogP) is 3.43. The highest BCUT2D eigenvalue weighted by molar-refractivity contribution is 9.10. The van der Waals surface area contributed by atoms with Crippen molar-refractivity contribution >= 4 is 21.9 Å². The van der Waals surface area contributed by atoms with Gasteiger partial charge in [-0.3, -0.25) is 4.79 Å². The van der Waals surface area contributed by atoms with Crippen LogP contribution in [0, 0.1) is 11.8 Å². The van der Waals surface area contributed by atoms with Gasteiger partial charge in [-0.25, -0.2) is 0 Å². The van der Waals surface area contributed by atoms with Crippen LogP contribution in [-0.4, -0.2) is 17.6 Å². The lowest BCUT2D eigenvalue weighted by Gasteiger charge is -2.28. The first-order valence-corrected chi connectivity index (χ1v) is 7.64. The van der Waals surface area contributed by atoms with Gasteiger partial charge in [0.15, 0.2) is 0 Å². The summed E-state index contributed by atoms with van der Waals surface area (Å²) in [4.78, 5) is 11.2. The summed E-state index contributed by atoms with van der Waals surface area (Å²) in [6, 6.07) is 8.20. The lowest BCUT2D eigenvalue weighted by Crippen LogP contribution is -2.34. The standard InChI is InChI=1S/C15H20BrNO2/c16-13-7-5-11(6-8-13)9-17-10-12-3-1-2-4-14(12)15(18)19/h5-8,12,14,17H,1-4,9-10H2,(H,18,19). The molecule has 19 heavy (non-hydrogen) atoms. The predicted molar refractivity (Wildman–Crippen MR) is 78.9 cm³/mol. The molecule has 2 atom stereocenters. The molecule has 1 saturated carbocycles. The molecule has 1 aromatic rings. The number of hydrogen-bond acceptors (Lipinski definition) is 2. The molecule has 4 heteroatoms. The van der Waals surface area contributed by atoms with Gasteiger partial charge in [0.25, 0.3) is 0 Å². The van der Waals surface area contributed by atoms with Crippen LogP contribution in [-0.2, 0) is 11.3 Å². The summed E-state index contributed by atoms with van der Waals surface area (Å²) in [5, 5.41) is 12.6. The van der Waals surface area contributed by atoms with E-state index in [0.717, 1.165) is 43.2 Å². The Labute approximate surface area is 122 Å². The lowest BCUT2D eigenvalue weighted by atomic mass is 9.79. The third kappa shape index (κ3) is 4.32. The zero-order valence-electron chi connectivity index (χ0n) is 10.9. The highest BCUT2D eigenvalue weighted by Gasteiger charge is 2.30. The van der Waals surface area contributed by atoms with Crippen LogP contribution < -0.4 is 5.32 Å². The fraction of sp³-hybridized carbons (Fsp3) is 0.533. The molecule has 0 radical (unpaired) electrons. The molecule has 104 valence electrons. The topological polar surface area (TPSA) is 49.3 Å². The van der Waals surface area contributed by atoms with Crippen molar-refractivity contribution in [3.8, 4) is 0 Å². The van der Waals surface area contributed by atoms with Gasteiger partial charge in [0.1, 0.15) is 0 Å². The molecule has 0 amide bonds. The monoisotopic (exact) mass is 325 g/mol. The molecule has 0 bridgehead atoms.